The number of hydrogen-bond acceptors (Lipinski definition) is 4. The van der Waals surface area contributed by atoms with Gasteiger partial charge in [0.25, 0.3) is 10.0 Å². The largest absolute Gasteiger partial charge is 0.309 e. The number of aryl methyl sites for hydroxylation is 1. The van der Waals surface area contributed by atoms with Crippen molar-refractivity contribution in [2.24, 2.45) is 0 Å². The third kappa shape index (κ3) is 2.12. The average Bonchev–Trinajstić information content (AvgIpc) is 2.67. The summed E-state index contributed by atoms with van der Waals surface area (Å²) in [5.41, 5.74) is 1.41. The van der Waals surface area contributed by atoms with Crippen LogP contribution in [0, 0.1) is 6.92 Å². The highest BCUT2D eigenvalue weighted by Crippen LogP contribution is 2.36. The molecule has 2 aromatic rings. The number of sulfonamides is 1. The molecule has 22 heavy (non-hydrogen) atoms. The lowest BCUT2D eigenvalue weighted by atomic mass is 10.1. The molecule has 112 valence electrons. The lowest BCUT2D eigenvalue weighted by Gasteiger charge is -2.16. The Labute approximate surface area is 128 Å². The Hall–Kier alpha value is -2.47. The Morgan fingerprint density at radius 1 is 0.909 bits per heavy atom. The molecule has 1 heterocycles. The second-order valence-corrected chi connectivity index (χ2v) is 6.97. The van der Waals surface area contributed by atoms with E-state index in [4.69, 9.17) is 0 Å². The molecular formula is C16H13NO4S. The number of benzene rings is 2. The summed E-state index contributed by atoms with van der Waals surface area (Å²) in [4.78, 5) is 24.4. The maximum Gasteiger partial charge on any atom is 0.309 e. The molecule has 1 unspecified atom stereocenters. The SMILES string of the molecule is Cc1ccc(N2C(=O)C(=O)C(c3ccccc3)S2(=O)=O)cc1. The minimum atomic E-state index is -4.11. The van der Waals surface area contributed by atoms with Crippen LogP contribution in [0.5, 0.6) is 0 Å². The van der Waals surface area contributed by atoms with Crippen LogP contribution in [0.3, 0.4) is 0 Å². The van der Waals surface area contributed by atoms with E-state index >= 15 is 0 Å². The van der Waals surface area contributed by atoms with Crippen LogP contribution in [0.1, 0.15) is 16.4 Å². The van der Waals surface area contributed by atoms with Gasteiger partial charge in [-0.2, -0.15) is 4.31 Å². The zero-order valence-electron chi connectivity index (χ0n) is 11.8. The average molecular weight is 315 g/mol. The van der Waals surface area contributed by atoms with Crippen LogP contribution < -0.4 is 4.31 Å². The van der Waals surface area contributed by atoms with Gasteiger partial charge in [0, 0.05) is 0 Å². The normalized spacial score (nSPS) is 20.4. The van der Waals surface area contributed by atoms with E-state index in [2.05, 4.69) is 0 Å². The molecule has 5 nitrogen and oxygen atoms in total. The first kappa shape index (κ1) is 14.5. The molecule has 1 amide bonds. The minimum absolute atomic E-state index is 0.183. The first-order valence-electron chi connectivity index (χ1n) is 6.67. The number of anilines is 1. The lowest BCUT2D eigenvalue weighted by molar-refractivity contribution is -0.134. The standard InChI is InChI=1S/C16H13NO4S/c1-11-7-9-13(10-8-11)17-16(19)14(18)15(22(17,20)21)12-5-3-2-4-6-12/h2-10,15H,1H3. The van der Waals surface area contributed by atoms with E-state index in [9.17, 15) is 18.0 Å². The molecule has 0 saturated carbocycles. The van der Waals surface area contributed by atoms with Crippen LogP contribution in [0.15, 0.2) is 54.6 Å². The van der Waals surface area contributed by atoms with Crippen LogP contribution in [-0.2, 0) is 19.6 Å². The Balaban J connectivity index is 2.13. The summed E-state index contributed by atoms with van der Waals surface area (Å²) in [6.45, 7) is 1.85. The number of Topliss-reactive ketones (excluding diaryl/α,β-unsaturated/α-hetero) is 1. The van der Waals surface area contributed by atoms with Crippen molar-refractivity contribution in [3.63, 3.8) is 0 Å². The van der Waals surface area contributed by atoms with Gasteiger partial charge in [-0.1, -0.05) is 48.0 Å². The molecule has 0 bridgehead atoms. The van der Waals surface area contributed by atoms with Gasteiger partial charge < -0.3 is 0 Å². The Bertz CT molecular complexity index is 841. The van der Waals surface area contributed by atoms with Crippen molar-refractivity contribution in [1.82, 2.24) is 0 Å². The molecule has 1 aliphatic heterocycles. The van der Waals surface area contributed by atoms with Gasteiger partial charge in [0.15, 0.2) is 5.25 Å². The molecule has 2 aromatic carbocycles. The van der Waals surface area contributed by atoms with Crippen molar-refractivity contribution in [2.45, 2.75) is 12.2 Å². The third-order valence-corrected chi connectivity index (χ3v) is 5.52. The Morgan fingerprint density at radius 2 is 1.50 bits per heavy atom. The molecule has 0 aromatic heterocycles. The molecule has 6 heteroatoms. The molecule has 1 atom stereocenters. The van der Waals surface area contributed by atoms with Crippen molar-refractivity contribution in [2.75, 3.05) is 4.31 Å². The molecule has 0 radical (unpaired) electrons. The van der Waals surface area contributed by atoms with Crippen molar-refractivity contribution in [1.29, 1.82) is 0 Å². The summed E-state index contributed by atoms with van der Waals surface area (Å²) in [5.74, 6) is -1.94. The van der Waals surface area contributed by atoms with Crippen LogP contribution in [0.25, 0.3) is 0 Å². The highest BCUT2D eigenvalue weighted by molar-refractivity contribution is 7.95. The number of ketones is 1. The van der Waals surface area contributed by atoms with Crippen LogP contribution >= 0.6 is 0 Å². The summed E-state index contributed by atoms with van der Waals surface area (Å²) >= 11 is 0. The monoisotopic (exact) mass is 315 g/mol. The number of amides is 1. The van der Waals surface area contributed by atoms with E-state index in [-0.39, 0.29) is 5.69 Å². The fourth-order valence-electron chi connectivity index (χ4n) is 2.46. The predicted octanol–water partition coefficient (Wildman–Crippen LogP) is 1.98. The maximum atomic E-state index is 12.7. The van der Waals surface area contributed by atoms with Gasteiger partial charge in [-0.3, -0.25) is 9.59 Å². The molecule has 0 aliphatic carbocycles. The summed E-state index contributed by atoms with van der Waals surface area (Å²) in [5, 5.41) is -1.47. The van der Waals surface area contributed by atoms with E-state index in [1.54, 1.807) is 30.3 Å². The topological polar surface area (TPSA) is 71.5 Å². The fourth-order valence-corrected chi connectivity index (χ4v) is 4.28. The van der Waals surface area contributed by atoms with Gasteiger partial charge in [0.05, 0.1) is 5.69 Å². The van der Waals surface area contributed by atoms with Gasteiger partial charge in [-0.25, -0.2) is 8.42 Å². The van der Waals surface area contributed by atoms with Crippen molar-refractivity contribution in [3.05, 3.63) is 65.7 Å². The molecule has 0 N–H and O–H groups in total. The second kappa shape index (κ2) is 5.06. The first-order chi connectivity index (χ1) is 10.4. The number of nitrogens with zero attached hydrogens (tertiary/aromatic N) is 1. The zero-order valence-corrected chi connectivity index (χ0v) is 12.6. The quantitative estimate of drug-likeness (QED) is 0.795. The molecule has 0 spiro atoms. The minimum Gasteiger partial charge on any atom is -0.287 e. The van der Waals surface area contributed by atoms with Gasteiger partial charge in [-0.15, -0.1) is 0 Å². The first-order valence-corrected chi connectivity index (χ1v) is 8.17. The number of carbonyl (C=O) groups is 2. The molecule has 1 saturated heterocycles. The molecule has 1 fully saturated rings. The van der Waals surface area contributed by atoms with E-state index in [1.807, 2.05) is 6.92 Å². The van der Waals surface area contributed by atoms with Crippen molar-refractivity contribution in [3.8, 4) is 0 Å². The molecule has 3 rings (SSSR count). The summed E-state index contributed by atoms with van der Waals surface area (Å²) < 4.78 is 26.0. The summed E-state index contributed by atoms with van der Waals surface area (Å²) in [7, 11) is -4.11. The van der Waals surface area contributed by atoms with Crippen LogP contribution in [0.4, 0.5) is 5.69 Å². The Morgan fingerprint density at radius 3 is 2.09 bits per heavy atom. The van der Waals surface area contributed by atoms with Crippen LogP contribution in [-0.4, -0.2) is 20.1 Å². The smallest absolute Gasteiger partial charge is 0.287 e. The van der Waals surface area contributed by atoms with E-state index in [1.165, 1.54) is 24.3 Å². The second-order valence-electron chi connectivity index (χ2n) is 5.11. The molecule has 1 aliphatic rings. The van der Waals surface area contributed by atoms with Gasteiger partial charge >= 0.3 is 5.91 Å². The van der Waals surface area contributed by atoms with E-state index in [0.29, 0.717) is 9.87 Å². The Kier molecular flexibility index (Phi) is 3.33. The number of hydrogen-bond donors (Lipinski definition) is 0. The molecular weight excluding hydrogens is 302 g/mol. The maximum absolute atomic E-state index is 12.7. The van der Waals surface area contributed by atoms with Gasteiger partial charge in [0.1, 0.15) is 0 Å². The zero-order chi connectivity index (χ0) is 15.9. The van der Waals surface area contributed by atoms with Gasteiger partial charge in [-0.05, 0) is 24.6 Å². The number of carbonyl (C=O) groups excluding carboxylic acids is 2. The predicted molar refractivity (Wildman–Crippen MR) is 81.8 cm³/mol. The van der Waals surface area contributed by atoms with Crippen molar-refractivity contribution >= 4 is 27.4 Å². The summed E-state index contributed by atoms with van der Waals surface area (Å²) in [6.07, 6.45) is 0. The third-order valence-electron chi connectivity index (χ3n) is 3.56. The fraction of sp³-hybridized carbons (Fsp3) is 0.125. The highest BCUT2D eigenvalue weighted by atomic mass is 32.2. The summed E-state index contributed by atoms with van der Waals surface area (Å²) in [6, 6.07) is 14.5. The van der Waals surface area contributed by atoms with E-state index in [0.717, 1.165) is 5.56 Å². The lowest BCUT2D eigenvalue weighted by Crippen LogP contribution is -2.30. The van der Waals surface area contributed by atoms with E-state index < -0.39 is 27.0 Å². The van der Waals surface area contributed by atoms with Crippen LogP contribution in [0.2, 0.25) is 0 Å². The number of rotatable bonds is 2. The van der Waals surface area contributed by atoms with Crippen molar-refractivity contribution < 1.29 is 18.0 Å². The van der Waals surface area contributed by atoms with Gasteiger partial charge in [0.2, 0.25) is 5.78 Å². The highest BCUT2D eigenvalue weighted by Gasteiger charge is 2.53.